The van der Waals surface area contributed by atoms with Crippen molar-refractivity contribution in [3.8, 4) is 0 Å². The predicted molar refractivity (Wildman–Crippen MR) is 53.5 cm³/mol. The molecular formula is C11H14FNO. The standard InChI is InChI=1S/C11H14FNO/c1-8-5-10(3-4-11(8)12)7-13-6-9(2)14/h3-5,13H,6-7H2,1-2H3. The van der Waals surface area contributed by atoms with E-state index < -0.39 is 0 Å². The van der Waals surface area contributed by atoms with Crippen LogP contribution in [0.3, 0.4) is 0 Å². The van der Waals surface area contributed by atoms with Gasteiger partial charge < -0.3 is 5.32 Å². The second-order valence-corrected chi connectivity index (χ2v) is 3.39. The molecule has 1 N–H and O–H groups in total. The number of carbonyl (C=O) groups excluding carboxylic acids is 1. The van der Waals surface area contributed by atoms with Crippen LogP contribution < -0.4 is 5.32 Å². The van der Waals surface area contributed by atoms with Gasteiger partial charge in [-0.25, -0.2) is 4.39 Å². The largest absolute Gasteiger partial charge is 0.306 e. The van der Waals surface area contributed by atoms with Gasteiger partial charge in [0.2, 0.25) is 0 Å². The maximum absolute atomic E-state index is 12.9. The Morgan fingerprint density at radius 3 is 2.79 bits per heavy atom. The van der Waals surface area contributed by atoms with Gasteiger partial charge in [0, 0.05) is 6.54 Å². The highest BCUT2D eigenvalue weighted by Crippen LogP contribution is 2.08. The molecule has 0 unspecified atom stereocenters. The summed E-state index contributed by atoms with van der Waals surface area (Å²) in [5, 5.41) is 2.98. The van der Waals surface area contributed by atoms with E-state index in [4.69, 9.17) is 0 Å². The maximum Gasteiger partial charge on any atom is 0.143 e. The number of benzene rings is 1. The third-order valence-electron chi connectivity index (χ3n) is 1.93. The number of carbonyl (C=O) groups is 1. The minimum atomic E-state index is -0.194. The Labute approximate surface area is 83.1 Å². The fraction of sp³-hybridized carbons (Fsp3) is 0.364. The molecule has 0 saturated heterocycles. The first-order chi connectivity index (χ1) is 6.59. The van der Waals surface area contributed by atoms with Crippen molar-refractivity contribution in [2.45, 2.75) is 20.4 Å². The molecule has 0 spiro atoms. The molecule has 76 valence electrons. The highest BCUT2D eigenvalue weighted by atomic mass is 19.1. The number of hydrogen-bond acceptors (Lipinski definition) is 2. The SMILES string of the molecule is CC(=O)CNCc1ccc(F)c(C)c1. The third kappa shape index (κ3) is 3.26. The minimum Gasteiger partial charge on any atom is -0.306 e. The van der Waals surface area contributed by atoms with Gasteiger partial charge in [-0.3, -0.25) is 4.79 Å². The minimum absolute atomic E-state index is 0.101. The number of Topliss-reactive ketones (excluding diaryl/α,β-unsaturated/α-hetero) is 1. The van der Waals surface area contributed by atoms with Crippen LogP contribution in [0.1, 0.15) is 18.1 Å². The van der Waals surface area contributed by atoms with Gasteiger partial charge in [0.05, 0.1) is 6.54 Å². The molecular weight excluding hydrogens is 181 g/mol. The van der Waals surface area contributed by atoms with Crippen molar-refractivity contribution >= 4 is 5.78 Å². The number of halogens is 1. The molecule has 0 atom stereocenters. The summed E-state index contributed by atoms with van der Waals surface area (Å²) in [5.41, 5.74) is 1.62. The Morgan fingerprint density at radius 2 is 2.21 bits per heavy atom. The molecule has 3 heteroatoms. The summed E-state index contributed by atoms with van der Waals surface area (Å²) < 4.78 is 12.9. The van der Waals surface area contributed by atoms with Gasteiger partial charge in [-0.05, 0) is 31.0 Å². The Kier molecular flexibility index (Phi) is 3.77. The fourth-order valence-electron chi connectivity index (χ4n) is 1.20. The van der Waals surface area contributed by atoms with E-state index in [1.54, 1.807) is 19.1 Å². The number of aryl methyl sites for hydroxylation is 1. The zero-order chi connectivity index (χ0) is 10.6. The van der Waals surface area contributed by atoms with Crippen molar-refractivity contribution in [3.63, 3.8) is 0 Å². The molecule has 0 amide bonds. The normalized spacial score (nSPS) is 10.2. The Bertz CT molecular complexity index is 336. The first-order valence-electron chi connectivity index (χ1n) is 4.55. The summed E-state index contributed by atoms with van der Waals surface area (Å²) in [5.74, 6) is -0.0934. The summed E-state index contributed by atoms with van der Waals surface area (Å²) >= 11 is 0. The third-order valence-corrected chi connectivity index (χ3v) is 1.93. The lowest BCUT2D eigenvalue weighted by Gasteiger charge is -2.04. The monoisotopic (exact) mass is 195 g/mol. The van der Waals surface area contributed by atoms with Crippen LogP contribution in [0.2, 0.25) is 0 Å². The summed E-state index contributed by atoms with van der Waals surface area (Å²) in [4.78, 5) is 10.6. The van der Waals surface area contributed by atoms with Crippen molar-refractivity contribution in [1.29, 1.82) is 0 Å². The molecule has 0 radical (unpaired) electrons. The Balaban J connectivity index is 2.51. The number of rotatable bonds is 4. The first-order valence-corrected chi connectivity index (χ1v) is 4.55. The molecule has 0 heterocycles. The average Bonchev–Trinajstić information content (AvgIpc) is 2.10. The van der Waals surface area contributed by atoms with Gasteiger partial charge in [-0.15, -0.1) is 0 Å². The smallest absolute Gasteiger partial charge is 0.143 e. The molecule has 14 heavy (non-hydrogen) atoms. The first kappa shape index (κ1) is 10.9. The van der Waals surface area contributed by atoms with Crippen molar-refractivity contribution in [2.24, 2.45) is 0 Å². The molecule has 0 aliphatic heterocycles. The molecule has 0 aliphatic carbocycles. The van der Waals surface area contributed by atoms with Gasteiger partial charge in [0.25, 0.3) is 0 Å². The predicted octanol–water partition coefficient (Wildman–Crippen LogP) is 1.81. The van der Waals surface area contributed by atoms with Crippen LogP contribution in [0.15, 0.2) is 18.2 Å². The van der Waals surface area contributed by atoms with Crippen LogP contribution in [-0.2, 0) is 11.3 Å². The summed E-state index contributed by atoms with van der Waals surface area (Å²) in [7, 11) is 0. The van der Waals surface area contributed by atoms with E-state index >= 15 is 0 Å². The van der Waals surface area contributed by atoms with E-state index in [0.29, 0.717) is 18.7 Å². The maximum atomic E-state index is 12.9. The fourth-order valence-corrected chi connectivity index (χ4v) is 1.20. The van der Waals surface area contributed by atoms with E-state index in [0.717, 1.165) is 5.56 Å². The van der Waals surface area contributed by atoms with Crippen LogP contribution in [0.5, 0.6) is 0 Å². The second-order valence-electron chi connectivity index (χ2n) is 3.39. The zero-order valence-electron chi connectivity index (χ0n) is 8.43. The van der Waals surface area contributed by atoms with Crippen molar-refractivity contribution in [1.82, 2.24) is 5.32 Å². The quantitative estimate of drug-likeness (QED) is 0.793. The molecule has 0 aliphatic rings. The Hall–Kier alpha value is -1.22. The lowest BCUT2D eigenvalue weighted by Crippen LogP contribution is -2.20. The van der Waals surface area contributed by atoms with E-state index in [1.165, 1.54) is 13.0 Å². The van der Waals surface area contributed by atoms with Crippen LogP contribution in [-0.4, -0.2) is 12.3 Å². The average molecular weight is 195 g/mol. The number of ketones is 1. The molecule has 2 nitrogen and oxygen atoms in total. The summed E-state index contributed by atoms with van der Waals surface area (Å²) in [6, 6.07) is 4.94. The van der Waals surface area contributed by atoms with E-state index in [2.05, 4.69) is 5.32 Å². The van der Waals surface area contributed by atoms with Crippen LogP contribution >= 0.6 is 0 Å². The molecule has 1 rings (SSSR count). The zero-order valence-corrected chi connectivity index (χ0v) is 8.43. The number of nitrogens with one attached hydrogen (secondary N) is 1. The van der Waals surface area contributed by atoms with Crippen LogP contribution in [0, 0.1) is 12.7 Å². The Morgan fingerprint density at radius 1 is 1.50 bits per heavy atom. The van der Waals surface area contributed by atoms with Crippen LogP contribution in [0.4, 0.5) is 4.39 Å². The van der Waals surface area contributed by atoms with E-state index in [-0.39, 0.29) is 11.6 Å². The van der Waals surface area contributed by atoms with Crippen LogP contribution in [0.25, 0.3) is 0 Å². The topological polar surface area (TPSA) is 29.1 Å². The molecule has 0 aromatic heterocycles. The van der Waals surface area contributed by atoms with Crippen molar-refractivity contribution in [2.75, 3.05) is 6.54 Å². The molecule has 0 saturated carbocycles. The van der Waals surface area contributed by atoms with Gasteiger partial charge in [0.1, 0.15) is 11.6 Å². The molecule has 1 aromatic carbocycles. The van der Waals surface area contributed by atoms with Gasteiger partial charge in [0.15, 0.2) is 0 Å². The molecule has 0 fully saturated rings. The van der Waals surface area contributed by atoms with E-state index in [1.807, 2.05) is 0 Å². The van der Waals surface area contributed by atoms with Gasteiger partial charge in [-0.2, -0.15) is 0 Å². The van der Waals surface area contributed by atoms with Gasteiger partial charge in [-0.1, -0.05) is 12.1 Å². The highest BCUT2D eigenvalue weighted by molar-refractivity contribution is 5.77. The van der Waals surface area contributed by atoms with Crippen molar-refractivity contribution in [3.05, 3.63) is 35.1 Å². The van der Waals surface area contributed by atoms with Gasteiger partial charge >= 0.3 is 0 Å². The summed E-state index contributed by atoms with van der Waals surface area (Å²) in [6.07, 6.45) is 0. The second kappa shape index (κ2) is 4.86. The molecule has 1 aromatic rings. The number of hydrogen-bond donors (Lipinski definition) is 1. The lowest BCUT2D eigenvalue weighted by atomic mass is 10.1. The van der Waals surface area contributed by atoms with Crippen molar-refractivity contribution < 1.29 is 9.18 Å². The summed E-state index contributed by atoms with van der Waals surface area (Å²) in [6.45, 7) is 4.21. The highest BCUT2D eigenvalue weighted by Gasteiger charge is 1.99. The lowest BCUT2D eigenvalue weighted by molar-refractivity contribution is -0.116. The van der Waals surface area contributed by atoms with E-state index in [9.17, 15) is 9.18 Å². The molecule has 0 bridgehead atoms.